The van der Waals surface area contributed by atoms with E-state index in [1.54, 1.807) is 0 Å². The number of benzene rings is 2. The molecular formula is C20H17F8NO3S. The molecule has 1 unspecified atom stereocenters. The van der Waals surface area contributed by atoms with Gasteiger partial charge in [0.2, 0.25) is 0 Å². The number of halogens is 8. The van der Waals surface area contributed by atoms with Gasteiger partial charge in [-0.3, -0.25) is 0 Å². The lowest BCUT2D eigenvalue weighted by Gasteiger charge is -2.37. The molecule has 0 aliphatic carbocycles. The van der Waals surface area contributed by atoms with Crippen LogP contribution in [0, 0.1) is 11.6 Å². The lowest BCUT2D eigenvalue weighted by Crippen LogP contribution is -2.56. The molecule has 0 saturated carbocycles. The van der Waals surface area contributed by atoms with E-state index >= 15 is 0 Å². The minimum absolute atomic E-state index is 0.122. The zero-order valence-electron chi connectivity index (χ0n) is 16.8. The molecule has 0 radical (unpaired) electrons. The van der Waals surface area contributed by atoms with Crippen LogP contribution in [0.3, 0.4) is 0 Å². The van der Waals surface area contributed by atoms with Crippen LogP contribution in [0.1, 0.15) is 17.5 Å². The minimum atomic E-state index is -6.07. The van der Waals surface area contributed by atoms with Crippen molar-refractivity contribution in [3.05, 3.63) is 65.2 Å². The van der Waals surface area contributed by atoms with Gasteiger partial charge in [0, 0.05) is 19.2 Å². The van der Waals surface area contributed by atoms with Gasteiger partial charge in [-0.1, -0.05) is 12.1 Å². The van der Waals surface area contributed by atoms with Crippen molar-refractivity contribution in [1.82, 2.24) is 5.32 Å². The van der Waals surface area contributed by atoms with Crippen LogP contribution in [-0.4, -0.2) is 41.0 Å². The van der Waals surface area contributed by atoms with E-state index in [2.05, 4.69) is 10.1 Å². The number of nitrogens with one attached hydrogen (secondary N) is 1. The van der Waals surface area contributed by atoms with Crippen molar-refractivity contribution in [2.75, 3.05) is 20.2 Å². The molecular weight excluding hydrogens is 486 g/mol. The Morgan fingerprint density at radius 1 is 0.939 bits per heavy atom. The molecule has 1 aliphatic rings. The maximum absolute atomic E-state index is 14.9. The summed E-state index contributed by atoms with van der Waals surface area (Å²) in [6.45, 7) is -0.170. The molecule has 3 rings (SSSR count). The van der Waals surface area contributed by atoms with Crippen LogP contribution in [0.25, 0.3) is 0 Å². The number of methoxy groups -OCH3 is 1. The topological polar surface area (TPSA) is 55.4 Å². The first-order valence-electron chi connectivity index (χ1n) is 9.34. The molecule has 0 aromatic heterocycles. The third kappa shape index (κ3) is 3.79. The van der Waals surface area contributed by atoms with E-state index in [9.17, 15) is 43.5 Å². The van der Waals surface area contributed by atoms with Crippen molar-refractivity contribution in [1.29, 1.82) is 0 Å². The quantitative estimate of drug-likeness (QED) is 0.479. The highest BCUT2D eigenvalue weighted by molar-refractivity contribution is 7.92. The Bertz CT molecular complexity index is 1110. The lowest BCUT2D eigenvalue weighted by molar-refractivity contribution is -0.384. The van der Waals surface area contributed by atoms with E-state index in [4.69, 9.17) is 0 Å². The standard InChI is InChI=1S/C20H17F8NO3S/c1-32-18(19(23,24)25,20(26,27)28)15-7-2-12(10-16(15)22)17(8-9-29-11-17)33(30,31)14-5-3-13(21)4-6-14/h2-7,10,29H,8-9,11H2,1H3. The molecule has 1 fully saturated rings. The van der Waals surface area contributed by atoms with E-state index in [0.717, 1.165) is 24.3 Å². The summed E-state index contributed by atoms with van der Waals surface area (Å²) in [4.78, 5) is -0.339. The minimum Gasteiger partial charge on any atom is -0.357 e. The average molecular weight is 503 g/mol. The van der Waals surface area contributed by atoms with Gasteiger partial charge < -0.3 is 10.1 Å². The lowest BCUT2D eigenvalue weighted by atomic mass is 9.88. The fraction of sp³-hybridized carbons (Fsp3) is 0.400. The summed E-state index contributed by atoms with van der Waals surface area (Å²) in [5.74, 6) is -2.66. The van der Waals surface area contributed by atoms with Gasteiger partial charge in [0.25, 0.3) is 5.60 Å². The molecule has 0 amide bonds. The largest absolute Gasteiger partial charge is 0.430 e. The molecule has 1 saturated heterocycles. The molecule has 0 bridgehead atoms. The number of ether oxygens (including phenoxy) is 1. The number of hydrogen-bond acceptors (Lipinski definition) is 4. The van der Waals surface area contributed by atoms with E-state index < -0.39 is 49.7 Å². The molecule has 1 N–H and O–H groups in total. The molecule has 1 heterocycles. The van der Waals surface area contributed by atoms with E-state index in [1.807, 2.05) is 0 Å². The fourth-order valence-electron chi connectivity index (χ4n) is 4.03. The predicted octanol–water partition coefficient (Wildman–Crippen LogP) is 4.59. The van der Waals surface area contributed by atoms with E-state index in [1.165, 1.54) is 0 Å². The van der Waals surface area contributed by atoms with E-state index in [-0.39, 0.29) is 43.1 Å². The van der Waals surface area contributed by atoms with Crippen LogP contribution >= 0.6 is 0 Å². The fourth-order valence-corrected chi connectivity index (χ4v) is 6.08. The highest BCUT2D eigenvalue weighted by Crippen LogP contribution is 2.53. The smallest absolute Gasteiger partial charge is 0.357 e. The first-order valence-corrected chi connectivity index (χ1v) is 10.8. The summed E-state index contributed by atoms with van der Waals surface area (Å²) in [5.41, 5.74) is -7.17. The normalized spacial score (nSPS) is 20.3. The third-order valence-electron chi connectivity index (χ3n) is 5.73. The summed E-state index contributed by atoms with van der Waals surface area (Å²) in [7, 11) is -4.22. The van der Waals surface area contributed by atoms with Crippen molar-refractivity contribution < 1.29 is 48.3 Å². The Hall–Kier alpha value is -2.25. The molecule has 4 nitrogen and oxygen atoms in total. The van der Waals surface area contributed by atoms with E-state index in [0.29, 0.717) is 12.1 Å². The summed E-state index contributed by atoms with van der Waals surface area (Å²) in [6.07, 6.45) is -12.3. The van der Waals surface area contributed by atoms with Crippen LogP contribution in [0.5, 0.6) is 0 Å². The van der Waals surface area contributed by atoms with Crippen LogP contribution in [0.15, 0.2) is 47.4 Å². The summed E-state index contributed by atoms with van der Waals surface area (Å²) in [6, 6.07) is 4.98. The number of alkyl halides is 6. The molecule has 2 aromatic rings. The highest BCUT2D eigenvalue weighted by Gasteiger charge is 2.74. The maximum Gasteiger partial charge on any atom is 0.430 e. The van der Waals surface area contributed by atoms with Crippen molar-refractivity contribution in [2.45, 2.75) is 34.0 Å². The first-order chi connectivity index (χ1) is 15.1. The van der Waals surface area contributed by atoms with Crippen LogP contribution in [-0.2, 0) is 24.9 Å². The van der Waals surface area contributed by atoms with Crippen molar-refractivity contribution in [3.63, 3.8) is 0 Å². The maximum atomic E-state index is 14.9. The zero-order valence-corrected chi connectivity index (χ0v) is 17.6. The predicted molar refractivity (Wildman–Crippen MR) is 99.9 cm³/mol. The summed E-state index contributed by atoms with van der Waals surface area (Å²) < 4.78 is 138. The van der Waals surface area contributed by atoms with Crippen molar-refractivity contribution in [2.24, 2.45) is 0 Å². The Labute approximate surface area is 183 Å². The summed E-state index contributed by atoms with van der Waals surface area (Å²) in [5, 5.41) is 2.76. The molecule has 0 spiro atoms. The van der Waals surface area contributed by atoms with Crippen LogP contribution in [0.2, 0.25) is 0 Å². The van der Waals surface area contributed by atoms with Gasteiger partial charge in [-0.05, 0) is 48.9 Å². The second-order valence-electron chi connectivity index (χ2n) is 7.45. The van der Waals surface area contributed by atoms with Crippen molar-refractivity contribution >= 4 is 9.84 Å². The van der Waals surface area contributed by atoms with Gasteiger partial charge >= 0.3 is 12.4 Å². The van der Waals surface area contributed by atoms with Gasteiger partial charge in [0.1, 0.15) is 16.4 Å². The van der Waals surface area contributed by atoms with Gasteiger partial charge in [-0.15, -0.1) is 0 Å². The highest BCUT2D eigenvalue weighted by atomic mass is 32.2. The van der Waals surface area contributed by atoms with Gasteiger partial charge in [-0.2, -0.15) is 26.3 Å². The molecule has 33 heavy (non-hydrogen) atoms. The Kier molecular flexibility index (Phi) is 6.31. The zero-order chi connectivity index (χ0) is 24.9. The monoisotopic (exact) mass is 503 g/mol. The SMILES string of the molecule is COC(c1ccc(C2(S(=O)(=O)c3ccc(F)cc3)CCNC2)cc1F)(C(F)(F)F)C(F)(F)F. The van der Waals surface area contributed by atoms with Gasteiger partial charge in [0.15, 0.2) is 9.84 Å². The van der Waals surface area contributed by atoms with Crippen molar-refractivity contribution in [3.8, 4) is 0 Å². The summed E-state index contributed by atoms with van der Waals surface area (Å²) >= 11 is 0. The molecule has 182 valence electrons. The molecule has 13 heteroatoms. The van der Waals surface area contributed by atoms with Crippen LogP contribution < -0.4 is 5.32 Å². The second kappa shape index (κ2) is 8.20. The second-order valence-corrected chi connectivity index (χ2v) is 9.71. The van der Waals surface area contributed by atoms with Gasteiger partial charge in [-0.25, -0.2) is 17.2 Å². The average Bonchev–Trinajstić information content (AvgIpc) is 3.20. The Morgan fingerprint density at radius 3 is 1.94 bits per heavy atom. The number of hydrogen-bond donors (Lipinski definition) is 1. The Balaban J connectivity index is 2.21. The number of sulfone groups is 1. The third-order valence-corrected chi connectivity index (χ3v) is 8.24. The molecule has 1 aliphatic heterocycles. The molecule has 1 atom stereocenters. The number of rotatable bonds is 5. The van der Waals surface area contributed by atoms with Crippen LogP contribution in [0.4, 0.5) is 35.1 Å². The Morgan fingerprint density at radius 2 is 1.52 bits per heavy atom. The van der Waals surface area contributed by atoms with Gasteiger partial charge in [0.05, 0.1) is 4.90 Å². The molecule has 2 aromatic carbocycles. The first kappa shape index (κ1) is 25.4.